The maximum absolute atomic E-state index is 11.3. The zero-order valence-electron chi connectivity index (χ0n) is 9.54. The van der Waals surface area contributed by atoms with Gasteiger partial charge < -0.3 is 10.1 Å². The maximum Gasteiger partial charge on any atom is 0.280 e. The summed E-state index contributed by atoms with van der Waals surface area (Å²) < 4.78 is 6.13. The van der Waals surface area contributed by atoms with Crippen molar-refractivity contribution in [1.82, 2.24) is 10.2 Å². The van der Waals surface area contributed by atoms with Gasteiger partial charge in [-0.05, 0) is 41.6 Å². The first kappa shape index (κ1) is 12.6. The Morgan fingerprint density at radius 1 is 1.59 bits per heavy atom. The van der Waals surface area contributed by atoms with Gasteiger partial charge in [-0.15, -0.1) is 0 Å². The minimum Gasteiger partial charge on any atom is -0.383 e. The molecule has 1 unspecified atom stereocenters. The molecule has 1 fully saturated rings. The van der Waals surface area contributed by atoms with Crippen LogP contribution in [0.3, 0.4) is 0 Å². The van der Waals surface area contributed by atoms with Gasteiger partial charge >= 0.3 is 0 Å². The van der Waals surface area contributed by atoms with E-state index in [-0.39, 0.29) is 5.56 Å². The zero-order valence-corrected chi connectivity index (χ0v) is 11.1. The fraction of sp³-hybridized carbons (Fsp3) is 0.636. The predicted octanol–water partition coefficient (Wildman–Crippen LogP) is 1.90. The maximum atomic E-state index is 11.3. The second-order valence-corrected chi connectivity index (χ2v) is 4.92. The molecular formula is C11H16BrN3O2. The summed E-state index contributed by atoms with van der Waals surface area (Å²) in [7, 11) is 0. The topological polar surface area (TPSA) is 67.0 Å². The molecule has 2 N–H and O–H groups in total. The van der Waals surface area contributed by atoms with Crippen LogP contribution in [0.25, 0.3) is 0 Å². The van der Waals surface area contributed by atoms with Gasteiger partial charge in [-0.1, -0.05) is 0 Å². The lowest BCUT2D eigenvalue weighted by atomic mass is 10.1. The molecule has 17 heavy (non-hydrogen) atoms. The summed E-state index contributed by atoms with van der Waals surface area (Å²) in [6.07, 6.45) is 6.47. The van der Waals surface area contributed by atoms with E-state index in [2.05, 4.69) is 31.4 Å². The number of H-pyrrole nitrogens is 1. The highest BCUT2D eigenvalue weighted by Crippen LogP contribution is 2.18. The molecule has 1 aromatic rings. The first-order valence-electron chi connectivity index (χ1n) is 5.86. The normalized spacial score (nSPS) is 20.2. The zero-order chi connectivity index (χ0) is 12.1. The minimum atomic E-state index is -0.219. The van der Waals surface area contributed by atoms with E-state index in [4.69, 9.17) is 4.74 Å². The summed E-state index contributed by atoms with van der Waals surface area (Å²) in [6, 6.07) is 0. The van der Waals surface area contributed by atoms with Crippen LogP contribution in [0, 0.1) is 0 Å². The molecule has 1 aliphatic heterocycles. The number of hydrogen-bond acceptors (Lipinski definition) is 4. The average molecular weight is 302 g/mol. The second kappa shape index (κ2) is 6.16. The molecule has 94 valence electrons. The highest BCUT2D eigenvalue weighted by atomic mass is 79.9. The quantitative estimate of drug-likeness (QED) is 0.891. The molecule has 5 nitrogen and oxygen atoms in total. The van der Waals surface area contributed by atoms with Crippen molar-refractivity contribution in [3.05, 3.63) is 21.0 Å². The predicted molar refractivity (Wildman–Crippen MR) is 69.3 cm³/mol. The van der Waals surface area contributed by atoms with Crippen LogP contribution in [-0.4, -0.2) is 29.5 Å². The lowest BCUT2D eigenvalue weighted by Crippen LogP contribution is -2.22. The summed E-state index contributed by atoms with van der Waals surface area (Å²) in [5.41, 5.74) is 0.508. The van der Waals surface area contributed by atoms with Gasteiger partial charge in [0.15, 0.2) is 0 Å². The van der Waals surface area contributed by atoms with Crippen LogP contribution in [0.15, 0.2) is 15.5 Å². The Labute approximate surface area is 108 Å². The van der Waals surface area contributed by atoms with Crippen LogP contribution in [0.4, 0.5) is 5.69 Å². The highest BCUT2D eigenvalue weighted by Gasteiger charge is 2.13. The molecule has 0 aromatic carbocycles. The van der Waals surface area contributed by atoms with Crippen LogP contribution >= 0.6 is 15.9 Å². The van der Waals surface area contributed by atoms with E-state index in [1.54, 1.807) is 6.20 Å². The van der Waals surface area contributed by atoms with Crippen LogP contribution < -0.4 is 10.9 Å². The Balaban J connectivity index is 1.81. The SMILES string of the molecule is O=c1[nH]ncc(NCCC2CCCCO2)c1Br. The first-order chi connectivity index (χ1) is 8.27. The van der Waals surface area contributed by atoms with Gasteiger partial charge in [0.05, 0.1) is 18.0 Å². The molecule has 0 amide bonds. The van der Waals surface area contributed by atoms with Gasteiger partial charge in [-0.25, -0.2) is 5.10 Å². The standard InChI is InChI=1S/C11H16BrN3O2/c12-10-9(7-14-15-11(10)16)13-5-4-8-3-1-2-6-17-8/h7-8H,1-6H2,(H2,13,15,16). The third kappa shape index (κ3) is 3.54. The Morgan fingerprint density at radius 2 is 2.47 bits per heavy atom. The van der Waals surface area contributed by atoms with Crippen LogP contribution in [0.5, 0.6) is 0 Å². The number of rotatable bonds is 4. The molecule has 6 heteroatoms. The van der Waals surface area contributed by atoms with E-state index in [1.165, 1.54) is 12.8 Å². The van der Waals surface area contributed by atoms with Crippen molar-refractivity contribution < 1.29 is 4.74 Å². The van der Waals surface area contributed by atoms with E-state index in [0.717, 1.165) is 31.7 Å². The number of ether oxygens (including phenoxy) is 1. The van der Waals surface area contributed by atoms with Gasteiger partial charge in [0.25, 0.3) is 5.56 Å². The van der Waals surface area contributed by atoms with E-state index < -0.39 is 0 Å². The smallest absolute Gasteiger partial charge is 0.280 e. The molecule has 1 aromatic heterocycles. The van der Waals surface area contributed by atoms with Gasteiger partial charge in [-0.3, -0.25) is 4.79 Å². The van der Waals surface area contributed by atoms with Crippen LogP contribution in [-0.2, 0) is 4.74 Å². The highest BCUT2D eigenvalue weighted by molar-refractivity contribution is 9.10. The van der Waals surface area contributed by atoms with Gasteiger partial charge in [-0.2, -0.15) is 5.10 Å². The van der Waals surface area contributed by atoms with Gasteiger partial charge in [0, 0.05) is 13.2 Å². The van der Waals surface area contributed by atoms with Crippen molar-refractivity contribution in [2.45, 2.75) is 31.8 Å². The number of aromatic amines is 1. The molecule has 1 atom stereocenters. The summed E-state index contributed by atoms with van der Waals surface area (Å²) in [4.78, 5) is 11.3. The first-order valence-corrected chi connectivity index (χ1v) is 6.65. The van der Waals surface area contributed by atoms with Crippen LogP contribution in [0.2, 0.25) is 0 Å². The summed E-state index contributed by atoms with van der Waals surface area (Å²) >= 11 is 3.23. The summed E-state index contributed by atoms with van der Waals surface area (Å²) in [5.74, 6) is 0. The van der Waals surface area contributed by atoms with Gasteiger partial charge in [0.1, 0.15) is 4.47 Å². The Hall–Kier alpha value is -0.880. The lowest BCUT2D eigenvalue weighted by Gasteiger charge is -2.22. The largest absolute Gasteiger partial charge is 0.383 e. The number of nitrogens with one attached hydrogen (secondary N) is 2. The van der Waals surface area contributed by atoms with E-state index in [1.807, 2.05) is 0 Å². The number of halogens is 1. The fourth-order valence-corrected chi connectivity index (χ4v) is 2.24. The van der Waals surface area contributed by atoms with Crippen molar-refractivity contribution in [1.29, 1.82) is 0 Å². The van der Waals surface area contributed by atoms with Crippen molar-refractivity contribution in [3.8, 4) is 0 Å². The molecule has 0 aliphatic carbocycles. The third-order valence-corrected chi connectivity index (χ3v) is 3.64. The average Bonchev–Trinajstić information content (AvgIpc) is 2.36. The van der Waals surface area contributed by atoms with E-state index >= 15 is 0 Å². The van der Waals surface area contributed by atoms with Crippen molar-refractivity contribution in [3.63, 3.8) is 0 Å². The molecule has 1 aliphatic rings. The Bertz CT molecular complexity index is 415. The van der Waals surface area contributed by atoms with Crippen LogP contribution in [0.1, 0.15) is 25.7 Å². The Morgan fingerprint density at radius 3 is 3.24 bits per heavy atom. The number of aromatic nitrogens is 2. The molecule has 0 radical (unpaired) electrons. The molecule has 1 saturated heterocycles. The van der Waals surface area contributed by atoms with E-state index in [9.17, 15) is 4.79 Å². The van der Waals surface area contributed by atoms with E-state index in [0.29, 0.717) is 10.6 Å². The number of anilines is 1. The summed E-state index contributed by atoms with van der Waals surface area (Å²) in [5, 5.41) is 9.30. The molecular weight excluding hydrogens is 286 g/mol. The lowest BCUT2D eigenvalue weighted by molar-refractivity contribution is 0.0134. The number of nitrogens with zero attached hydrogens (tertiary/aromatic N) is 1. The number of hydrogen-bond donors (Lipinski definition) is 2. The molecule has 2 rings (SSSR count). The monoisotopic (exact) mass is 301 g/mol. The van der Waals surface area contributed by atoms with Crippen molar-refractivity contribution >= 4 is 21.6 Å². The van der Waals surface area contributed by atoms with Gasteiger partial charge in [0.2, 0.25) is 0 Å². The van der Waals surface area contributed by atoms with Crippen molar-refractivity contribution in [2.24, 2.45) is 0 Å². The third-order valence-electron chi connectivity index (χ3n) is 2.85. The molecule has 0 bridgehead atoms. The summed E-state index contributed by atoms with van der Waals surface area (Å²) in [6.45, 7) is 1.66. The molecule has 0 spiro atoms. The second-order valence-electron chi connectivity index (χ2n) is 4.13. The fourth-order valence-electron chi connectivity index (χ4n) is 1.91. The van der Waals surface area contributed by atoms with Crippen molar-refractivity contribution in [2.75, 3.05) is 18.5 Å². The molecule has 0 saturated carbocycles. The molecule has 2 heterocycles. The minimum absolute atomic E-state index is 0.219. The Kier molecular flexibility index (Phi) is 4.56.